The molecule has 4 heterocycles. The fraction of sp³-hybridized carbons (Fsp3) is 0.435. The summed E-state index contributed by atoms with van der Waals surface area (Å²) in [4.78, 5) is 16.6. The van der Waals surface area contributed by atoms with Crippen LogP contribution in [-0.4, -0.2) is 45.3 Å². The van der Waals surface area contributed by atoms with Crippen molar-refractivity contribution in [3.05, 3.63) is 53.2 Å². The summed E-state index contributed by atoms with van der Waals surface area (Å²) < 4.78 is 7.63. The van der Waals surface area contributed by atoms with Gasteiger partial charge < -0.3 is 9.30 Å². The number of aliphatic imine (C=N–C) groups is 1. The van der Waals surface area contributed by atoms with Gasteiger partial charge in [-0.25, -0.2) is 9.97 Å². The lowest BCUT2D eigenvalue weighted by atomic mass is 10.0. The maximum atomic E-state index is 5.44. The van der Waals surface area contributed by atoms with Crippen LogP contribution in [0, 0.1) is 0 Å². The maximum Gasteiger partial charge on any atom is 0.173 e. The van der Waals surface area contributed by atoms with Crippen molar-refractivity contribution in [3.8, 4) is 5.75 Å². The Balaban J connectivity index is 1.36. The second-order valence-corrected chi connectivity index (χ2v) is 8.06. The number of hydrogen-bond donors (Lipinski definition) is 0. The third kappa shape index (κ3) is 3.53. The first-order chi connectivity index (χ1) is 14.2. The Bertz CT molecular complexity index is 1080. The second kappa shape index (κ2) is 7.59. The molecular weight excluding hydrogens is 362 g/mol. The van der Waals surface area contributed by atoms with Crippen LogP contribution in [0.25, 0.3) is 10.9 Å². The standard InChI is InChI=1S/C23H27N5O/c1-27-13-17(19-11-18(29-2)6-7-22(19)27)15-28-10-8-20-16(14-28)12-25-23(26-20)21-5-3-4-9-24-21/h6-7,11-13H,3-5,8-10,14-15H2,1-2H3. The number of benzene rings is 1. The molecule has 2 aliphatic rings. The molecule has 0 radical (unpaired) electrons. The Morgan fingerprint density at radius 1 is 1.17 bits per heavy atom. The summed E-state index contributed by atoms with van der Waals surface area (Å²) in [7, 11) is 3.83. The zero-order valence-electron chi connectivity index (χ0n) is 17.2. The molecule has 6 nitrogen and oxygen atoms in total. The summed E-state index contributed by atoms with van der Waals surface area (Å²) in [6.07, 6.45) is 8.61. The van der Waals surface area contributed by atoms with E-state index in [-0.39, 0.29) is 0 Å². The number of aryl methyl sites for hydroxylation is 1. The van der Waals surface area contributed by atoms with Crippen LogP contribution in [0.5, 0.6) is 5.75 Å². The van der Waals surface area contributed by atoms with Gasteiger partial charge in [-0.1, -0.05) is 0 Å². The predicted molar refractivity (Wildman–Crippen MR) is 115 cm³/mol. The van der Waals surface area contributed by atoms with E-state index in [1.54, 1.807) is 7.11 Å². The highest BCUT2D eigenvalue weighted by Crippen LogP contribution is 2.28. The highest BCUT2D eigenvalue weighted by atomic mass is 16.5. The highest BCUT2D eigenvalue weighted by molar-refractivity contribution is 5.97. The molecule has 0 aliphatic carbocycles. The first-order valence-electron chi connectivity index (χ1n) is 10.4. The van der Waals surface area contributed by atoms with E-state index in [9.17, 15) is 0 Å². The normalized spacial score (nSPS) is 17.2. The van der Waals surface area contributed by atoms with E-state index < -0.39 is 0 Å². The van der Waals surface area contributed by atoms with Gasteiger partial charge in [-0.05, 0) is 43.0 Å². The van der Waals surface area contributed by atoms with Crippen LogP contribution in [-0.2, 0) is 26.6 Å². The van der Waals surface area contributed by atoms with Crippen molar-refractivity contribution in [2.24, 2.45) is 12.0 Å². The van der Waals surface area contributed by atoms with E-state index in [0.29, 0.717) is 0 Å². The van der Waals surface area contributed by atoms with E-state index in [1.165, 1.54) is 40.6 Å². The van der Waals surface area contributed by atoms with Crippen LogP contribution in [0.2, 0.25) is 0 Å². The van der Waals surface area contributed by atoms with Crippen LogP contribution in [0.15, 0.2) is 35.6 Å². The molecule has 0 saturated carbocycles. The van der Waals surface area contributed by atoms with E-state index in [2.05, 4.69) is 44.8 Å². The molecule has 0 atom stereocenters. The van der Waals surface area contributed by atoms with Crippen molar-refractivity contribution in [3.63, 3.8) is 0 Å². The first kappa shape index (κ1) is 18.3. The minimum atomic E-state index is 0.845. The van der Waals surface area contributed by atoms with E-state index in [4.69, 9.17) is 9.72 Å². The number of aromatic nitrogens is 3. The molecule has 150 valence electrons. The Morgan fingerprint density at radius 3 is 2.93 bits per heavy atom. The van der Waals surface area contributed by atoms with Gasteiger partial charge in [-0.3, -0.25) is 9.89 Å². The van der Waals surface area contributed by atoms with Gasteiger partial charge in [0.05, 0.1) is 18.5 Å². The fourth-order valence-corrected chi connectivity index (χ4v) is 4.48. The Morgan fingerprint density at radius 2 is 2.10 bits per heavy atom. The third-order valence-corrected chi connectivity index (χ3v) is 6.07. The van der Waals surface area contributed by atoms with Gasteiger partial charge in [0.15, 0.2) is 5.82 Å². The Kier molecular flexibility index (Phi) is 4.79. The smallest absolute Gasteiger partial charge is 0.173 e. The molecule has 2 aliphatic heterocycles. The molecule has 5 rings (SSSR count). The molecule has 29 heavy (non-hydrogen) atoms. The largest absolute Gasteiger partial charge is 0.497 e. The third-order valence-electron chi connectivity index (χ3n) is 6.07. The zero-order chi connectivity index (χ0) is 19.8. The summed E-state index contributed by atoms with van der Waals surface area (Å²) in [5.74, 6) is 1.75. The van der Waals surface area contributed by atoms with Crippen LogP contribution in [0.4, 0.5) is 0 Å². The first-order valence-corrected chi connectivity index (χ1v) is 10.4. The molecule has 3 aromatic rings. The van der Waals surface area contributed by atoms with Gasteiger partial charge in [-0.2, -0.15) is 0 Å². The van der Waals surface area contributed by atoms with Gasteiger partial charge in [0.2, 0.25) is 0 Å². The zero-order valence-corrected chi connectivity index (χ0v) is 17.2. The molecule has 0 saturated heterocycles. The van der Waals surface area contributed by atoms with Gasteiger partial charge in [0, 0.05) is 68.5 Å². The molecule has 0 amide bonds. The van der Waals surface area contributed by atoms with Crippen molar-refractivity contribution in [2.75, 3.05) is 20.2 Å². The molecule has 0 fully saturated rings. The average Bonchev–Trinajstić information content (AvgIpc) is 3.08. The molecule has 1 aromatic carbocycles. The van der Waals surface area contributed by atoms with Crippen molar-refractivity contribution < 1.29 is 4.74 Å². The number of ether oxygens (including phenoxy) is 1. The van der Waals surface area contributed by atoms with Crippen LogP contribution in [0.3, 0.4) is 0 Å². The summed E-state index contributed by atoms with van der Waals surface area (Å²) >= 11 is 0. The number of nitrogens with zero attached hydrogens (tertiary/aromatic N) is 5. The molecule has 0 unspecified atom stereocenters. The second-order valence-electron chi connectivity index (χ2n) is 8.06. The lowest BCUT2D eigenvalue weighted by Gasteiger charge is -2.28. The lowest BCUT2D eigenvalue weighted by Crippen LogP contribution is -2.31. The lowest BCUT2D eigenvalue weighted by molar-refractivity contribution is 0.243. The summed E-state index contributed by atoms with van der Waals surface area (Å²) in [6, 6.07) is 6.30. The molecule has 0 bridgehead atoms. The minimum Gasteiger partial charge on any atom is -0.497 e. The van der Waals surface area contributed by atoms with Crippen LogP contribution >= 0.6 is 0 Å². The SMILES string of the molecule is COc1ccc2c(c1)c(CN1CCc3nc(C4=NCCCC4)ncc3C1)cn2C. The molecular formula is C23H27N5O. The number of rotatable bonds is 4. The fourth-order valence-electron chi connectivity index (χ4n) is 4.48. The quantitative estimate of drug-likeness (QED) is 0.685. The van der Waals surface area contributed by atoms with E-state index in [0.717, 1.165) is 56.3 Å². The average molecular weight is 390 g/mol. The summed E-state index contributed by atoms with van der Waals surface area (Å²) in [5.41, 5.74) is 6.10. The van der Waals surface area contributed by atoms with Crippen molar-refractivity contribution >= 4 is 16.6 Å². The van der Waals surface area contributed by atoms with E-state index >= 15 is 0 Å². The highest BCUT2D eigenvalue weighted by Gasteiger charge is 2.21. The monoisotopic (exact) mass is 389 g/mol. The van der Waals surface area contributed by atoms with Crippen LogP contribution < -0.4 is 4.74 Å². The topological polar surface area (TPSA) is 55.5 Å². The van der Waals surface area contributed by atoms with Crippen molar-refractivity contribution in [1.29, 1.82) is 0 Å². The number of hydrogen-bond acceptors (Lipinski definition) is 5. The molecule has 6 heteroatoms. The van der Waals surface area contributed by atoms with Gasteiger partial charge in [-0.15, -0.1) is 0 Å². The molecule has 0 N–H and O–H groups in total. The maximum absolute atomic E-state index is 5.44. The van der Waals surface area contributed by atoms with E-state index in [1.807, 2.05) is 12.3 Å². The van der Waals surface area contributed by atoms with Gasteiger partial charge in [0.25, 0.3) is 0 Å². The molecule has 0 spiro atoms. The minimum absolute atomic E-state index is 0.845. The van der Waals surface area contributed by atoms with Crippen LogP contribution in [0.1, 0.15) is 41.9 Å². The Labute approximate surface area is 171 Å². The predicted octanol–water partition coefficient (Wildman–Crippen LogP) is 3.51. The number of methoxy groups -OCH3 is 1. The van der Waals surface area contributed by atoms with Gasteiger partial charge in [0.1, 0.15) is 5.75 Å². The van der Waals surface area contributed by atoms with Crippen molar-refractivity contribution in [2.45, 2.75) is 38.8 Å². The molecule has 2 aromatic heterocycles. The van der Waals surface area contributed by atoms with Crippen molar-refractivity contribution in [1.82, 2.24) is 19.4 Å². The summed E-state index contributed by atoms with van der Waals surface area (Å²) in [5, 5.41) is 1.26. The number of fused-ring (bicyclic) bond motifs is 2. The summed E-state index contributed by atoms with van der Waals surface area (Å²) in [6.45, 7) is 3.73. The Hall–Kier alpha value is -2.73. The van der Waals surface area contributed by atoms with Gasteiger partial charge >= 0.3 is 0 Å².